The lowest BCUT2D eigenvalue weighted by Crippen LogP contribution is -2.43. The number of halogens is 1. The van der Waals surface area contributed by atoms with E-state index in [2.05, 4.69) is 10.3 Å². The molecule has 2 aliphatic rings. The number of hydrogen-bond acceptors (Lipinski definition) is 4. The van der Waals surface area contributed by atoms with E-state index in [1.165, 1.54) is 4.90 Å². The van der Waals surface area contributed by atoms with Gasteiger partial charge in [0.1, 0.15) is 17.0 Å². The molecule has 7 heteroatoms. The fourth-order valence-electron chi connectivity index (χ4n) is 3.77. The van der Waals surface area contributed by atoms with E-state index in [4.69, 9.17) is 0 Å². The van der Waals surface area contributed by atoms with Crippen molar-refractivity contribution in [2.24, 2.45) is 0 Å². The van der Waals surface area contributed by atoms with E-state index < -0.39 is 11.2 Å². The molecule has 0 atom stereocenters. The van der Waals surface area contributed by atoms with E-state index in [9.17, 15) is 14.0 Å². The van der Waals surface area contributed by atoms with Gasteiger partial charge in [-0.2, -0.15) is 0 Å². The fourth-order valence-corrected chi connectivity index (χ4v) is 3.77. The number of urea groups is 1. The lowest BCUT2D eigenvalue weighted by atomic mass is 10.0. The molecule has 1 aromatic carbocycles. The molecule has 1 saturated carbocycles. The van der Waals surface area contributed by atoms with Gasteiger partial charge in [-0.25, -0.2) is 19.1 Å². The van der Waals surface area contributed by atoms with Crippen molar-refractivity contribution in [2.45, 2.75) is 64.3 Å². The van der Waals surface area contributed by atoms with E-state index in [1.54, 1.807) is 49.2 Å². The minimum absolute atomic E-state index is 0.233. The lowest BCUT2D eigenvalue weighted by Gasteiger charge is -2.27. The van der Waals surface area contributed by atoms with Crippen LogP contribution in [0.2, 0.25) is 0 Å². The predicted molar refractivity (Wildman–Crippen MR) is 114 cm³/mol. The molecule has 1 saturated heterocycles. The fraction of sp³-hybridized carbons (Fsp3) is 0.435. The van der Waals surface area contributed by atoms with E-state index in [0.717, 1.165) is 11.4 Å². The van der Waals surface area contributed by atoms with Crippen molar-refractivity contribution in [2.75, 3.05) is 10.2 Å². The quantitative estimate of drug-likeness (QED) is 0.707. The van der Waals surface area contributed by atoms with Gasteiger partial charge in [-0.05, 0) is 75.9 Å². The SMILES string of the molecule is CC(C)Nc1cc(CN2C(=O)N(c3ccc(C4(F)CC4)cc3)C(=O)C2(C)C)ccn1. The van der Waals surface area contributed by atoms with Crippen LogP contribution in [0.25, 0.3) is 0 Å². The summed E-state index contributed by atoms with van der Waals surface area (Å²) in [6.07, 6.45) is 2.74. The summed E-state index contributed by atoms with van der Waals surface area (Å²) in [5.41, 5.74) is -0.296. The van der Waals surface area contributed by atoms with Gasteiger partial charge in [0.25, 0.3) is 5.91 Å². The summed E-state index contributed by atoms with van der Waals surface area (Å²) in [6.45, 7) is 7.83. The summed E-state index contributed by atoms with van der Waals surface area (Å²) < 4.78 is 14.3. The second-order valence-electron chi connectivity index (χ2n) is 8.93. The Kier molecular flexibility index (Phi) is 4.79. The highest BCUT2D eigenvalue weighted by Gasteiger charge is 2.52. The first-order valence-corrected chi connectivity index (χ1v) is 10.3. The first-order chi connectivity index (χ1) is 14.1. The van der Waals surface area contributed by atoms with Gasteiger partial charge >= 0.3 is 6.03 Å². The van der Waals surface area contributed by atoms with Crippen molar-refractivity contribution in [1.29, 1.82) is 0 Å². The Morgan fingerprint density at radius 3 is 2.40 bits per heavy atom. The van der Waals surface area contributed by atoms with Crippen LogP contribution in [-0.4, -0.2) is 33.4 Å². The molecule has 0 radical (unpaired) electrons. The highest BCUT2D eigenvalue weighted by molar-refractivity contribution is 6.22. The topological polar surface area (TPSA) is 65.5 Å². The molecule has 2 fully saturated rings. The molecule has 1 aliphatic heterocycles. The number of imide groups is 1. The molecular weight excluding hydrogens is 383 g/mol. The number of carbonyl (C=O) groups excluding carboxylic acids is 2. The predicted octanol–water partition coefficient (Wildman–Crippen LogP) is 4.61. The Hall–Kier alpha value is -2.96. The highest BCUT2D eigenvalue weighted by Crippen LogP contribution is 2.49. The maximum absolute atomic E-state index is 14.3. The molecule has 0 spiro atoms. The van der Waals surface area contributed by atoms with Crippen LogP contribution in [0.5, 0.6) is 0 Å². The number of alkyl halides is 1. The maximum atomic E-state index is 14.3. The first-order valence-electron chi connectivity index (χ1n) is 10.3. The zero-order valence-corrected chi connectivity index (χ0v) is 17.8. The molecule has 1 aliphatic carbocycles. The number of carbonyl (C=O) groups is 2. The van der Waals surface area contributed by atoms with E-state index in [0.29, 0.717) is 24.1 Å². The zero-order valence-electron chi connectivity index (χ0n) is 17.8. The van der Waals surface area contributed by atoms with Gasteiger partial charge in [-0.15, -0.1) is 0 Å². The zero-order chi connectivity index (χ0) is 21.7. The number of rotatable bonds is 6. The summed E-state index contributed by atoms with van der Waals surface area (Å²) in [5, 5.41) is 3.25. The number of amides is 3. The second kappa shape index (κ2) is 7.07. The minimum Gasteiger partial charge on any atom is -0.368 e. The van der Waals surface area contributed by atoms with Crippen LogP contribution in [0.15, 0.2) is 42.6 Å². The van der Waals surface area contributed by atoms with Crippen LogP contribution in [0.3, 0.4) is 0 Å². The Balaban J connectivity index is 1.58. The number of pyridine rings is 1. The third-order valence-electron chi connectivity index (χ3n) is 5.76. The van der Waals surface area contributed by atoms with Gasteiger partial charge in [-0.1, -0.05) is 12.1 Å². The van der Waals surface area contributed by atoms with Crippen LogP contribution < -0.4 is 10.2 Å². The second-order valence-corrected chi connectivity index (χ2v) is 8.93. The minimum atomic E-state index is -1.24. The van der Waals surface area contributed by atoms with Gasteiger partial charge in [0, 0.05) is 18.8 Å². The standard InChI is InChI=1S/C23H27FN4O2/c1-15(2)26-19-13-16(9-12-25-19)14-27-21(30)28(20(29)22(27,3)4)18-7-5-17(6-8-18)23(24)10-11-23/h5-9,12-13,15H,10-11,14H2,1-4H3,(H,25,26). The van der Waals surface area contributed by atoms with E-state index in [1.807, 2.05) is 26.0 Å². The number of hydrogen-bond donors (Lipinski definition) is 1. The van der Waals surface area contributed by atoms with Gasteiger partial charge in [-0.3, -0.25) is 4.79 Å². The normalized spacial score (nSPS) is 19.5. The Morgan fingerprint density at radius 1 is 1.13 bits per heavy atom. The van der Waals surface area contributed by atoms with Crippen LogP contribution in [-0.2, 0) is 17.0 Å². The van der Waals surface area contributed by atoms with Crippen LogP contribution >= 0.6 is 0 Å². The number of benzene rings is 1. The molecule has 0 bridgehead atoms. The number of anilines is 2. The van der Waals surface area contributed by atoms with Crippen LogP contribution in [0.1, 0.15) is 51.7 Å². The van der Waals surface area contributed by atoms with Gasteiger partial charge < -0.3 is 10.2 Å². The largest absolute Gasteiger partial charge is 0.368 e. The van der Waals surface area contributed by atoms with Crippen molar-refractivity contribution >= 4 is 23.4 Å². The molecule has 6 nitrogen and oxygen atoms in total. The third kappa shape index (κ3) is 3.53. The molecule has 1 aromatic heterocycles. The maximum Gasteiger partial charge on any atom is 0.332 e. The summed E-state index contributed by atoms with van der Waals surface area (Å²) in [5.74, 6) is 0.433. The van der Waals surface area contributed by atoms with Crippen molar-refractivity contribution in [3.8, 4) is 0 Å². The summed E-state index contributed by atoms with van der Waals surface area (Å²) in [6, 6.07) is 10.2. The van der Waals surface area contributed by atoms with Crippen molar-refractivity contribution in [3.05, 3.63) is 53.7 Å². The molecule has 4 rings (SSSR count). The number of nitrogens with zero attached hydrogens (tertiary/aromatic N) is 3. The lowest BCUT2D eigenvalue weighted by molar-refractivity contribution is -0.123. The highest BCUT2D eigenvalue weighted by atomic mass is 19.1. The number of aromatic nitrogens is 1. The smallest absolute Gasteiger partial charge is 0.332 e. The van der Waals surface area contributed by atoms with Crippen molar-refractivity contribution < 1.29 is 14.0 Å². The average Bonchev–Trinajstić information content (AvgIpc) is 3.41. The monoisotopic (exact) mass is 410 g/mol. The molecule has 3 amide bonds. The Labute approximate surface area is 176 Å². The van der Waals surface area contributed by atoms with Crippen LogP contribution in [0, 0.1) is 0 Å². The molecule has 1 N–H and O–H groups in total. The first kappa shape index (κ1) is 20.3. The van der Waals surface area contributed by atoms with Gasteiger partial charge in [0.2, 0.25) is 0 Å². The average molecular weight is 410 g/mol. The third-order valence-corrected chi connectivity index (χ3v) is 5.76. The molecule has 2 heterocycles. The van der Waals surface area contributed by atoms with Gasteiger partial charge in [0.15, 0.2) is 0 Å². The Bertz CT molecular complexity index is 983. The van der Waals surface area contributed by atoms with Crippen LogP contribution in [0.4, 0.5) is 20.7 Å². The van der Waals surface area contributed by atoms with Gasteiger partial charge in [0.05, 0.1) is 5.69 Å². The molecule has 2 aromatic rings. The molecule has 30 heavy (non-hydrogen) atoms. The summed E-state index contributed by atoms with van der Waals surface area (Å²) in [4.78, 5) is 33.4. The van der Waals surface area contributed by atoms with E-state index >= 15 is 0 Å². The molecule has 0 unspecified atom stereocenters. The molecule has 158 valence electrons. The number of nitrogens with one attached hydrogen (secondary N) is 1. The summed E-state index contributed by atoms with van der Waals surface area (Å²) in [7, 11) is 0. The van der Waals surface area contributed by atoms with E-state index in [-0.39, 0.29) is 24.5 Å². The van der Waals surface area contributed by atoms with Crippen molar-refractivity contribution in [3.63, 3.8) is 0 Å². The Morgan fingerprint density at radius 2 is 1.80 bits per heavy atom. The van der Waals surface area contributed by atoms with Crippen molar-refractivity contribution in [1.82, 2.24) is 9.88 Å². The molecular formula is C23H27FN4O2. The summed E-state index contributed by atoms with van der Waals surface area (Å²) >= 11 is 0.